The summed E-state index contributed by atoms with van der Waals surface area (Å²) in [6.07, 6.45) is 1.23. The quantitative estimate of drug-likeness (QED) is 0.721. The zero-order chi connectivity index (χ0) is 12.2. The third-order valence-corrected chi connectivity index (χ3v) is 4.15. The zero-order valence-corrected chi connectivity index (χ0v) is 11.0. The van der Waals surface area contributed by atoms with Gasteiger partial charge in [0.15, 0.2) is 5.16 Å². The van der Waals surface area contributed by atoms with E-state index in [1.165, 1.54) is 18.0 Å². The summed E-state index contributed by atoms with van der Waals surface area (Å²) in [5.74, 6) is 1.36. The summed E-state index contributed by atoms with van der Waals surface area (Å²) in [4.78, 5) is 0. The van der Waals surface area contributed by atoms with Crippen LogP contribution in [0.2, 0.25) is 0 Å². The Labute approximate surface area is 99.5 Å². The number of hydrogen-bond acceptors (Lipinski definition) is 6. The Hall–Kier alpha value is -0.600. The first-order valence-corrected chi connectivity index (χ1v) is 7.95. The molecule has 1 aromatic rings. The first kappa shape index (κ1) is 13.5. The minimum Gasteiger partial charge on any atom is -0.324 e. The van der Waals surface area contributed by atoms with Crippen molar-refractivity contribution in [2.75, 3.05) is 17.8 Å². The van der Waals surface area contributed by atoms with E-state index >= 15 is 0 Å². The Morgan fingerprint density at radius 2 is 2.12 bits per heavy atom. The second-order valence-corrected chi connectivity index (χ2v) is 6.65. The first-order chi connectivity index (χ1) is 7.48. The molecule has 1 rings (SSSR count). The molecule has 0 aliphatic carbocycles. The Morgan fingerprint density at radius 3 is 2.62 bits per heavy atom. The second-order valence-electron chi connectivity index (χ2n) is 3.33. The topological polar surface area (TPSA) is 90.9 Å². The summed E-state index contributed by atoms with van der Waals surface area (Å²) in [6.45, 7) is 3.05. The first-order valence-electron chi connectivity index (χ1n) is 4.90. The van der Waals surface area contributed by atoms with Crippen LogP contribution < -0.4 is 5.73 Å². The van der Waals surface area contributed by atoms with Crippen LogP contribution >= 0.6 is 11.8 Å². The summed E-state index contributed by atoms with van der Waals surface area (Å²) < 4.78 is 23.8. The van der Waals surface area contributed by atoms with Crippen molar-refractivity contribution in [2.45, 2.75) is 25.2 Å². The van der Waals surface area contributed by atoms with Crippen LogP contribution in [0.15, 0.2) is 5.16 Å². The van der Waals surface area contributed by atoms with Gasteiger partial charge in [-0.05, 0) is 6.92 Å². The lowest BCUT2D eigenvalue weighted by Gasteiger charge is -2.05. The van der Waals surface area contributed by atoms with Gasteiger partial charge in [-0.1, -0.05) is 11.8 Å². The van der Waals surface area contributed by atoms with Crippen molar-refractivity contribution in [3.05, 3.63) is 5.82 Å². The molecule has 16 heavy (non-hydrogen) atoms. The minimum absolute atomic E-state index is 0.145. The Balaban J connectivity index is 2.64. The van der Waals surface area contributed by atoms with Gasteiger partial charge in [-0.15, -0.1) is 10.2 Å². The molecule has 0 amide bonds. The van der Waals surface area contributed by atoms with Crippen LogP contribution in [0.1, 0.15) is 12.7 Å². The van der Waals surface area contributed by atoms with E-state index in [0.717, 1.165) is 17.5 Å². The molecule has 0 unspecified atom stereocenters. The lowest BCUT2D eigenvalue weighted by molar-refractivity contribution is 0.603. The molecule has 0 aliphatic rings. The van der Waals surface area contributed by atoms with Gasteiger partial charge in [0.2, 0.25) is 0 Å². The molecule has 0 aromatic carbocycles. The monoisotopic (exact) mass is 264 g/mol. The van der Waals surface area contributed by atoms with Crippen LogP contribution in [0.3, 0.4) is 0 Å². The lowest BCUT2D eigenvalue weighted by atomic mass is 10.6. The van der Waals surface area contributed by atoms with E-state index < -0.39 is 9.84 Å². The van der Waals surface area contributed by atoms with Gasteiger partial charge in [-0.3, -0.25) is 0 Å². The molecule has 6 nitrogen and oxygen atoms in total. The van der Waals surface area contributed by atoms with Crippen LogP contribution in [0, 0.1) is 0 Å². The van der Waals surface area contributed by atoms with Crippen LogP contribution in [-0.4, -0.2) is 40.9 Å². The largest absolute Gasteiger partial charge is 0.324 e. The highest BCUT2D eigenvalue weighted by molar-refractivity contribution is 8.00. The van der Waals surface area contributed by atoms with Gasteiger partial charge in [0, 0.05) is 18.6 Å². The van der Waals surface area contributed by atoms with Gasteiger partial charge in [0.1, 0.15) is 15.7 Å². The second kappa shape index (κ2) is 5.65. The molecule has 92 valence electrons. The molecule has 0 fully saturated rings. The highest BCUT2D eigenvalue weighted by Gasteiger charge is 2.10. The SMILES string of the molecule is CCn1c(CN)nnc1SCCS(C)(=O)=O. The Bertz CT molecular complexity index is 441. The van der Waals surface area contributed by atoms with Gasteiger partial charge in [-0.2, -0.15) is 0 Å². The molecule has 0 bridgehead atoms. The lowest BCUT2D eigenvalue weighted by Crippen LogP contribution is -2.09. The zero-order valence-electron chi connectivity index (χ0n) is 9.38. The van der Waals surface area contributed by atoms with E-state index in [0.29, 0.717) is 12.3 Å². The van der Waals surface area contributed by atoms with Crippen molar-refractivity contribution >= 4 is 21.6 Å². The minimum atomic E-state index is -2.92. The Morgan fingerprint density at radius 1 is 1.44 bits per heavy atom. The maximum absolute atomic E-state index is 11.0. The van der Waals surface area contributed by atoms with Crippen molar-refractivity contribution in [3.8, 4) is 0 Å². The van der Waals surface area contributed by atoms with Gasteiger partial charge in [-0.25, -0.2) is 8.42 Å². The smallest absolute Gasteiger partial charge is 0.191 e. The third kappa shape index (κ3) is 3.76. The van der Waals surface area contributed by atoms with Crippen molar-refractivity contribution < 1.29 is 8.42 Å². The average Bonchev–Trinajstić information content (AvgIpc) is 2.58. The summed E-state index contributed by atoms with van der Waals surface area (Å²) in [7, 11) is -2.92. The normalized spacial score (nSPS) is 11.9. The van der Waals surface area contributed by atoms with Crippen LogP contribution in [-0.2, 0) is 22.9 Å². The molecule has 1 heterocycles. The summed E-state index contributed by atoms with van der Waals surface area (Å²) in [6, 6.07) is 0. The molecular formula is C8H16N4O2S2. The van der Waals surface area contributed by atoms with Crippen LogP contribution in [0.25, 0.3) is 0 Å². The van der Waals surface area contributed by atoms with Gasteiger partial charge in [0.05, 0.1) is 12.3 Å². The standard InChI is InChI=1S/C8H16N4O2S2/c1-3-12-7(6-9)10-11-8(12)15-4-5-16(2,13)14/h3-6,9H2,1-2H3. The number of sulfone groups is 1. The van der Waals surface area contributed by atoms with Gasteiger partial charge < -0.3 is 10.3 Å². The number of thioether (sulfide) groups is 1. The van der Waals surface area contributed by atoms with E-state index in [1.54, 1.807) is 0 Å². The van der Waals surface area contributed by atoms with Crippen LogP contribution in [0.5, 0.6) is 0 Å². The molecule has 0 spiro atoms. The number of rotatable bonds is 6. The number of aromatic nitrogens is 3. The third-order valence-electron chi connectivity index (χ3n) is 1.98. The van der Waals surface area contributed by atoms with E-state index in [1.807, 2.05) is 11.5 Å². The predicted octanol–water partition coefficient (Wildman–Crippen LogP) is -0.107. The number of hydrogen-bond donors (Lipinski definition) is 1. The van der Waals surface area contributed by atoms with Crippen molar-refractivity contribution in [3.63, 3.8) is 0 Å². The summed E-state index contributed by atoms with van der Waals surface area (Å²) in [5, 5.41) is 8.65. The van der Waals surface area contributed by atoms with E-state index in [2.05, 4.69) is 10.2 Å². The number of nitrogens with two attached hydrogens (primary N) is 1. The molecule has 0 aliphatic heterocycles. The van der Waals surface area contributed by atoms with E-state index in [9.17, 15) is 8.42 Å². The molecule has 1 aromatic heterocycles. The molecule has 2 N–H and O–H groups in total. The molecule has 0 saturated carbocycles. The average molecular weight is 264 g/mol. The summed E-state index contributed by atoms with van der Waals surface area (Å²) in [5.41, 5.74) is 5.51. The van der Waals surface area contributed by atoms with Crippen molar-refractivity contribution in [1.29, 1.82) is 0 Å². The van der Waals surface area contributed by atoms with Crippen molar-refractivity contribution in [2.24, 2.45) is 5.73 Å². The molecule has 0 saturated heterocycles. The summed E-state index contributed by atoms with van der Waals surface area (Å²) >= 11 is 1.39. The highest BCUT2D eigenvalue weighted by Crippen LogP contribution is 2.16. The fraction of sp³-hybridized carbons (Fsp3) is 0.750. The maximum Gasteiger partial charge on any atom is 0.191 e. The fourth-order valence-electron chi connectivity index (χ4n) is 1.18. The molecule has 8 heteroatoms. The van der Waals surface area contributed by atoms with E-state index in [4.69, 9.17) is 5.73 Å². The molecule has 0 radical (unpaired) electrons. The molecular weight excluding hydrogens is 248 g/mol. The fourth-order valence-corrected chi connectivity index (χ4v) is 3.39. The highest BCUT2D eigenvalue weighted by atomic mass is 32.2. The van der Waals surface area contributed by atoms with Gasteiger partial charge in [0.25, 0.3) is 0 Å². The van der Waals surface area contributed by atoms with Crippen LogP contribution in [0.4, 0.5) is 0 Å². The van der Waals surface area contributed by atoms with Gasteiger partial charge >= 0.3 is 0 Å². The Kier molecular flexibility index (Phi) is 4.75. The number of nitrogens with zero attached hydrogens (tertiary/aromatic N) is 3. The van der Waals surface area contributed by atoms with Crippen molar-refractivity contribution in [1.82, 2.24) is 14.8 Å². The predicted molar refractivity (Wildman–Crippen MR) is 64.0 cm³/mol. The maximum atomic E-state index is 11.0. The molecule has 0 atom stereocenters. The van der Waals surface area contributed by atoms with E-state index in [-0.39, 0.29) is 5.75 Å².